The topological polar surface area (TPSA) is 84.2 Å². The number of aromatic nitrogens is 1. The molecule has 8 heteroatoms. The molecule has 0 aliphatic heterocycles. The van der Waals surface area contributed by atoms with E-state index in [1.54, 1.807) is 38.1 Å². The molecule has 0 saturated carbocycles. The van der Waals surface area contributed by atoms with Gasteiger partial charge >= 0.3 is 0 Å². The quantitative estimate of drug-likeness (QED) is 0.751. The van der Waals surface area contributed by atoms with Crippen LogP contribution in [0.3, 0.4) is 0 Å². The summed E-state index contributed by atoms with van der Waals surface area (Å²) in [6, 6.07) is 8.08. The number of anilines is 1. The minimum absolute atomic E-state index is 0.143. The summed E-state index contributed by atoms with van der Waals surface area (Å²) >= 11 is 1.21. The van der Waals surface area contributed by atoms with Crippen LogP contribution in [0.5, 0.6) is 0 Å². The van der Waals surface area contributed by atoms with E-state index in [0.717, 1.165) is 0 Å². The highest BCUT2D eigenvalue weighted by Crippen LogP contribution is 2.14. The van der Waals surface area contributed by atoms with Gasteiger partial charge in [-0.15, -0.1) is 11.8 Å². The Labute approximate surface area is 149 Å². The molecule has 1 aromatic carbocycles. The van der Waals surface area contributed by atoms with Gasteiger partial charge in [-0.05, 0) is 31.9 Å². The number of hydrogen-bond acceptors (Lipinski definition) is 5. The summed E-state index contributed by atoms with van der Waals surface area (Å²) in [5, 5.41) is 8.60. The van der Waals surface area contributed by atoms with Gasteiger partial charge in [-0.1, -0.05) is 23.4 Å². The summed E-state index contributed by atoms with van der Waals surface area (Å²) in [4.78, 5) is 23.8. The molecule has 25 heavy (non-hydrogen) atoms. The van der Waals surface area contributed by atoms with Gasteiger partial charge in [0.05, 0.1) is 11.0 Å². The maximum Gasteiger partial charge on any atom is 0.238 e. The molecule has 2 aromatic rings. The highest BCUT2D eigenvalue weighted by atomic mass is 32.2. The molecule has 0 aliphatic rings. The second-order valence-electron chi connectivity index (χ2n) is 5.46. The zero-order chi connectivity index (χ0) is 18.2. The Hall–Kier alpha value is -2.35. The van der Waals surface area contributed by atoms with Crippen LogP contribution in [0, 0.1) is 12.7 Å². The van der Waals surface area contributed by atoms with E-state index in [-0.39, 0.29) is 23.4 Å². The van der Waals surface area contributed by atoms with Crippen molar-refractivity contribution in [1.29, 1.82) is 0 Å². The van der Waals surface area contributed by atoms with Crippen molar-refractivity contribution in [2.75, 3.05) is 17.6 Å². The lowest BCUT2D eigenvalue weighted by molar-refractivity contribution is -0.118. The van der Waals surface area contributed by atoms with E-state index in [9.17, 15) is 14.0 Å². The highest BCUT2D eigenvalue weighted by molar-refractivity contribution is 8.01. The minimum atomic E-state index is -0.422. The van der Waals surface area contributed by atoms with Gasteiger partial charge in [-0.3, -0.25) is 9.59 Å². The first-order valence-electron chi connectivity index (χ1n) is 7.81. The predicted octanol–water partition coefficient (Wildman–Crippen LogP) is 2.54. The van der Waals surface area contributed by atoms with Crippen LogP contribution in [-0.2, 0) is 16.0 Å². The van der Waals surface area contributed by atoms with E-state index in [4.69, 9.17) is 4.52 Å². The molecule has 0 radical (unpaired) electrons. The molecule has 0 saturated heterocycles. The molecule has 2 rings (SSSR count). The average molecular weight is 365 g/mol. The highest BCUT2D eigenvalue weighted by Gasteiger charge is 2.16. The van der Waals surface area contributed by atoms with Crippen molar-refractivity contribution in [3.05, 3.63) is 47.5 Å². The number of benzene rings is 1. The summed E-state index contributed by atoms with van der Waals surface area (Å²) in [6.45, 7) is 3.78. The number of thioether (sulfide) groups is 1. The number of hydrogen-bond donors (Lipinski definition) is 2. The molecule has 0 spiro atoms. The van der Waals surface area contributed by atoms with Crippen molar-refractivity contribution in [1.82, 2.24) is 10.5 Å². The zero-order valence-corrected chi connectivity index (χ0v) is 14.9. The van der Waals surface area contributed by atoms with Crippen LogP contribution in [0.2, 0.25) is 0 Å². The number of amides is 2. The largest absolute Gasteiger partial charge is 0.360 e. The van der Waals surface area contributed by atoms with E-state index in [1.807, 2.05) is 0 Å². The Kier molecular flexibility index (Phi) is 7.00. The van der Waals surface area contributed by atoms with E-state index in [1.165, 1.54) is 17.8 Å². The fourth-order valence-electron chi connectivity index (χ4n) is 2.02. The first kappa shape index (κ1) is 19.0. The summed E-state index contributed by atoms with van der Waals surface area (Å²) in [6.07, 6.45) is 0.421. The molecule has 1 atom stereocenters. The Morgan fingerprint density at radius 2 is 2.12 bits per heavy atom. The molecule has 2 amide bonds. The lowest BCUT2D eigenvalue weighted by Crippen LogP contribution is -2.30. The van der Waals surface area contributed by atoms with Gasteiger partial charge in [-0.2, -0.15) is 0 Å². The van der Waals surface area contributed by atoms with Crippen molar-refractivity contribution in [2.24, 2.45) is 0 Å². The van der Waals surface area contributed by atoms with Gasteiger partial charge in [0.1, 0.15) is 11.6 Å². The van der Waals surface area contributed by atoms with Gasteiger partial charge in [0.2, 0.25) is 11.8 Å². The first-order valence-corrected chi connectivity index (χ1v) is 8.86. The summed E-state index contributed by atoms with van der Waals surface area (Å²) < 4.78 is 18.3. The maximum atomic E-state index is 13.5. The van der Waals surface area contributed by atoms with Crippen molar-refractivity contribution < 1.29 is 18.5 Å². The standard InChI is InChI=1S/C17H20FN3O3S/c1-11-9-15(21-24-11)20-17(23)12(2)25-10-16(22)19-8-7-13-5-3-4-6-14(13)18/h3-6,9,12H,7-8,10H2,1-2H3,(H,19,22)(H,20,21,23). The van der Waals surface area contributed by atoms with Gasteiger partial charge in [0.25, 0.3) is 0 Å². The average Bonchev–Trinajstić information content (AvgIpc) is 2.99. The predicted molar refractivity (Wildman–Crippen MR) is 94.9 cm³/mol. The molecule has 6 nitrogen and oxygen atoms in total. The number of rotatable bonds is 8. The lowest BCUT2D eigenvalue weighted by atomic mass is 10.1. The smallest absolute Gasteiger partial charge is 0.238 e. The number of carbonyl (C=O) groups is 2. The zero-order valence-electron chi connectivity index (χ0n) is 14.0. The Bertz CT molecular complexity index is 735. The molecule has 1 unspecified atom stereocenters. The first-order chi connectivity index (χ1) is 12.0. The maximum absolute atomic E-state index is 13.5. The molecule has 1 aromatic heterocycles. The molecular formula is C17H20FN3O3S. The monoisotopic (exact) mass is 365 g/mol. The van der Waals surface area contributed by atoms with Crippen LogP contribution in [0.25, 0.3) is 0 Å². The SMILES string of the molecule is Cc1cc(NC(=O)C(C)SCC(=O)NCCc2ccccc2F)no1. The number of carbonyl (C=O) groups excluding carboxylic acids is 2. The second kappa shape index (κ2) is 9.22. The number of aryl methyl sites for hydroxylation is 1. The molecular weight excluding hydrogens is 345 g/mol. The Morgan fingerprint density at radius 1 is 1.36 bits per heavy atom. The third-order valence-electron chi connectivity index (χ3n) is 3.39. The van der Waals surface area contributed by atoms with Gasteiger partial charge in [0, 0.05) is 12.6 Å². The van der Waals surface area contributed by atoms with Gasteiger partial charge in [0.15, 0.2) is 5.82 Å². The van der Waals surface area contributed by atoms with Crippen LogP contribution in [-0.4, -0.2) is 34.5 Å². The van der Waals surface area contributed by atoms with E-state index < -0.39 is 5.25 Å². The normalized spacial score (nSPS) is 11.8. The summed E-state index contributed by atoms with van der Waals surface area (Å²) in [7, 11) is 0. The third-order valence-corrected chi connectivity index (χ3v) is 4.53. The fourth-order valence-corrected chi connectivity index (χ4v) is 2.73. The third kappa shape index (κ3) is 6.22. The Morgan fingerprint density at radius 3 is 2.80 bits per heavy atom. The Balaban J connectivity index is 1.66. The molecule has 1 heterocycles. The summed E-state index contributed by atoms with van der Waals surface area (Å²) in [5.74, 6) is 0.369. The number of nitrogens with one attached hydrogen (secondary N) is 2. The second-order valence-corrected chi connectivity index (χ2v) is 6.79. The van der Waals surface area contributed by atoms with Crippen molar-refractivity contribution >= 4 is 29.4 Å². The van der Waals surface area contributed by atoms with Gasteiger partial charge in [-0.25, -0.2) is 4.39 Å². The van der Waals surface area contributed by atoms with Crippen LogP contribution < -0.4 is 10.6 Å². The van der Waals surface area contributed by atoms with E-state index in [0.29, 0.717) is 30.1 Å². The molecule has 0 aliphatic carbocycles. The fraction of sp³-hybridized carbons (Fsp3) is 0.353. The minimum Gasteiger partial charge on any atom is -0.360 e. The van der Waals surface area contributed by atoms with Gasteiger partial charge < -0.3 is 15.2 Å². The van der Waals surface area contributed by atoms with E-state index >= 15 is 0 Å². The summed E-state index contributed by atoms with van der Waals surface area (Å²) in [5.41, 5.74) is 0.561. The van der Waals surface area contributed by atoms with Crippen LogP contribution in [0.15, 0.2) is 34.9 Å². The molecule has 2 N–H and O–H groups in total. The van der Waals surface area contributed by atoms with Crippen LogP contribution in [0.1, 0.15) is 18.2 Å². The van der Waals surface area contributed by atoms with Crippen molar-refractivity contribution in [3.63, 3.8) is 0 Å². The molecule has 134 valence electrons. The number of halogens is 1. The molecule has 0 fully saturated rings. The van der Waals surface area contributed by atoms with Crippen molar-refractivity contribution in [3.8, 4) is 0 Å². The number of nitrogens with zero attached hydrogens (tertiary/aromatic N) is 1. The lowest BCUT2D eigenvalue weighted by Gasteiger charge is -2.10. The van der Waals surface area contributed by atoms with Crippen LogP contribution >= 0.6 is 11.8 Å². The van der Waals surface area contributed by atoms with Crippen molar-refractivity contribution in [2.45, 2.75) is 25.5 Å². The van der Waals surface area contributed by atoms with Crippen LogP contribution in [0.4, 0.5) is 10.2 Å². The molecule has 0 bridgehead atoms. The van der Waals surface area contributed by atoms with E-state index in [2.05, 4.69) is 15.8 Å².